The van der Waals surface area contributed by atoms with Crippen molar-refractivity contribution in [3.63, 3.8) is 0 Å². The summed E-state index contributed by atoms with van der Waals surface area (Å²) in [5.41, 5.74) is 0.478. The summed E-state index contributed by atoms with van der Waals surface area (Å²) in [5.74, 6) is -1.75. The molecule has 0 radical (unpaired) electrons. The maximum absolute atomic E-state index is 13.4. The normalized spacial score (nSPS) is 11.0. The highest BCUT2D eigenvalue weighted by Gasteiger charge is 2.19. The van der Waals surface area contributed by atoms with Crippen LogP contribution in [0.5, 0.6) is 0 Å². The molecule has 1 aromatic carbocycles. The first-order valence-corrected chi connectivity index (χ1v) is 10.3. The molecule has 0 aliphatic rings. The molecule has 1 aromatic heterocycles. The van der Waals surface area contributed by atoms with Crippen molar-refractivity contribution in [2.45, 2.75) is 34.2 Å². The lowest BCUT2D eigenvalue weighted by molar-refractivity contribution is 0.0944. The highest BCUT2D eigenvalue weighted by molar-refractivity contribution is 7.09. The number of aromatic nitrogens is 1. The number of anilines is 1. The number of thiazole rings is 1. The minimum absolute atomic E-state index is 0.163. The number of nitrogens with one attached hydrogen (secondary N) is 2. The van der Waals surface area contributed by atoms with Gasteiger partial charge in [-0.2, -0.15) is 0 Å². The van der Waals surface area contributed by atoms with E-state index in [1.165, 1.54) is 22.3 Å². The molecule has 0 fully saturated rings. The quantitative estimate of drug-likeness (QED) is 0.655. The third kappa shape index (κ3) is 7.08. The number of hydrogen-bond donors (Lipinski definition) is 2. The summed E-state index contributed by atoms with van der Waals surface area (Å²) in [4.78, 5) is 30.7. The van der Waals surface area contributed by atoms with E-state index in [2.05, 4.69) is 15.6 Å². The molecule has 0 bridgehead atoms. The third-order valence-corrected chi connectivity index (χ3v) is 4.66. The number of carbonyl (C=O) groups excluding carboxylic acids is 2. The van der Waals surface area contributed by atoms with Gasteiger partial charge in [-0.25, -0.2) is 18.6 Å². The molecule has 3 amide bonds. The summed E-state index contributed by atoms with van der Waals surface area (Å²) in [6.45, 7) is 9.13. The Labute approximate surface area is 173 Å². The summed E-state index contributed by atoms with van der Waals surface area (Å²) in [5, 5.41) is 7.65. The average Bonchev–Trinajstić information content (AvgIpc) is 3.10. The van der Waals surface area contributed by atoms with Crippen molar-refractivity contribution < 1.29 is 18.4 Å². The van der Waals surface area contributed by atoms with E-state index in [0.29, 0.717) is 29.7 Å². The molecule has 158 valence electrons. The monoisotopic (exact) mass is 424 g/mol. The highest BCUT2D eigenvalue weighted by atomic mass is 32.1. The van der Waals surface area contributed by atoms with Gasteiger partial charge in [0, 0.05) is 30.2 Å². The topological polar surface area (TPSA) is 74.3 Å². The molecule has 2 aromatic rings. The third-order valence-electron chi connectivity index (χ3n) is 3.82. The van der Waals surface area contributed by atoms with Crippen molar-refractivity contribution in [3.05, 3.63) is 45.9 Å². The Morgan fingerprint density at radius 2 is 1.86 bits per heavy atom. The second-order valence-corrected chi connectivity index (χ2v) is 8.51. The van der Waals surface area contributed by atoms with Crippen molar-refractivity contribution in [3.8, 4) is 0 Å². The van der Waals surface area contributed by atoms with E-state index in [-0.39, 0.29) is 24.1 Å². The van der Waals surface area contributed by atoms with Crippen molar-refractivity contribution in [1.82, 2.24) is 15.2 Å². The van der Waals surface area contributed by atoms with Gasteiger partial charge in [-0.15, -0.1) is 11.3 Å². The van der Waals surface area contributed by atoms with Crippen LogP contribution >= 0.6 is 11.3 Å². The molecule has 0 aliphatic carbocycles. The van der Waals surface area contributed by atoms with Gasteiger partial charge in [-0.05, 0) is 24.0 Å². The Morgan fingerprint density at radius 1 is 1.14 bits per heavy atom. The molecular weight excluding hydrogens is 398 g/mol. The van der Waals surface area contributed by atoms with Crippen molar-refractivity contribution >= 4 is 29.0 Å². The standard InChI is InChI=1S/C20H26F2N4O2S/c1-12(2)8-23-19(27)17-11-29-18(25-17)10-26(9-13(3)4)20(28)24-14-5-6-15(21)16(22)7-14/h5-7,11-13H,8-10H2,1-4H3,(H,23,27)(H,24,28). The summed E-state index contributed by atoms with van der Waals surface area (Å²) in [6, 6.07) is 2.73. The number of benzene rings is 1. The lowest BCUT2D eigenvalue weighted by Crippen LogP contribution is -2.37. The van der Waals surface area contributed by atoms with Crippen LogP contribution in [-0.2, 0) is 6.54 Å². The lowest BCUT2D eigenvalue weighted by atomic mass is 10.2. The van der Waals surface area contributed by atoms with Gasteiger partial charge in [0.2, 0.25) is 0 Å². The molecule has 0 atom stereocenters. The van der Waals surface area contributed by atoms with Gasteiger partial charge < -0.3 is 15.5 Å². The number of rotatable bonds is 8. The van der Waals surface area contributed by atoms with Gasteiger partial charge in [-0.3, -0.25) is 4.79 Å². The second kappa shape index (κ2) is 10.3. The summed E-state index contributed by atoms with van der Waals surface area (Å²) in [7, 11) is 0. The zero-order valence-electron chi connectivity index (χ0n) is 17.0. The van der Waals surface area contributed by atoms with Crippen LogP contribution < -0.4 is 10.6 Å². The van der Waals surface area contributed by atoms with Crippen molar-refractivity contribution in [1.29, 1.82) is 0 Å². The molecule has 0 spiro atoms. The number of carbonyl (C=O) groups is 2. The summed E-state index contributed by atoms with van der Waals surface area (Å²) < 4.78 is 26.5. The molecule has 1 heterocycles. The average molecular weight is 425 g/mol. The number of nitrogens with zero attached hydrogens (tertiary/aromatic N) is 2. The number of amides is 3. The number of hydrogen-bond acceptors (Lipinski definition) is 4. The van der Waals surface area contributed by atoms with Gasteiger partial charge in [0.25, 0.3) is 5.91 Å². The molecule has 2 rings (SSSR count). The van der Waals surface area contributed by atoms with Crippen LogP contribution in [-0.4, -0.2) is 34.9 Å². The van der Waals surface area contributed by atoms with E-state index in [9.17, 15) is 18.4 Å². The van der Waals surface area contributed by atoms with Gasteiger partial charge in [0.15, 0.2) is 11.6 Å². The van der Waals surface area contributed by atoms with Crippen LogP contribution in [0.4, 0.5) is 19.3 Å². The Hall–Kier alpha value is -2.55. The van der Waals surface area contributed by atoms with E-state index in [1.807, 2.05) is 27.7 Å². The summed E-state index contributed by atoms with van der Waals surface area (Å²) >= 11 is 1.29. The van der Waals surface area contributed by atoms with Crippen LogP contribution in [0.1, 0.15) is 43.2 Å². The van der Waals surface area contributed by atoms with E-state index in [4.69, 9.17) is 0 Å². The van der Waals surface area contributed by atoms with Gasteiger partial charge in [-0.1, -0.05) is 27.7 Å². The Balaban J connectivity index is 2.07. The maximum Gasteiger partial charge on any atom is 0.322 e. The van der Waals surface area contributed by atoms with Crippen molar-refractivity contribution in [2.75, 3.05) is 18.4 Å². The molecule has 9 heteroatoms. The second-order valence-electron chi connectivity index (χ2n) is 7.56. The molecular formula is C20H26F2N4O2S. The number of urea groups is 1. The SMILES string of the molecule is CC(C)CNC(=O)c1csc(CN(CC(C)C)C(=O)Nc2ccc(F)c(F)c2)n1. The largest absolute Gasteiger partial charge is 0.350 e. The van der Waals surface area contributed by atoms with Crippen LogP contribution in [0.15, 0.2) is 23.6 Å². The Bertz CT molecular complexity index is 855. The van der Waals surface area contributed by atoms with Crippen molar-refractivity contribution in [2.24, 2.45) is 11.8 Å². The van der Waals surface area contributed by atoms with Crippen LogP contribution in [0.2, 0.25) is 0 Å². The minimum atomic E-state index is -1.03. The smallest absolute Gasteiger partial charge is 0.322 e. The molecule has 2 N–H and O–H groups in total. The van der Waals surface area contributed by atoms with E-state index in [0.717, 1.165) is 12.1 Å². The maximum atomic E-state index is 13.4. The first-order chi connectivity index (χ1) is 13.7. The molecule has 6 nitrogen and oxygen atoms in total. The van der Waals surface area contributed by atoms with E-state index >= 15 is 0 Å². The molecule has 0 aliphatic heterocycles. The zero-order chi connectivity index (χ0) is 21.6. The fraction of sp³-hybridized carbons (Fsp3) is 0.450. The first kappa shape index (κ1) is 22.7. The minimum Gasteiger partial charge on any atom is -0.350 e. The Morgan fingerprint density at radius 3 is 2.48 bits per heavy atom. The zero-order valence-corrected chi connectivity index (χ0v) is 17.8. The van der Waals surface area contributed by atoms with Gasteiger partial charge in [0.1, 0.15) is 10.7 Å². The molecule has 0 saturated carbocycles. The predicted octanol–water partition coefficient (Wildman–Crippen LogP) is 4.50. The van der Waals surface area contributed by atoms with Gasteiger partial charge >= 0.3 is 6.03 Å². The molecule has 29 heavy (non-hydrogen) atoms. The fourth-order valence-electron chi connectivity index (χ4n) is 2.47. The first-order valence-electron chi connectivity index (χ1n) is 9.39. The number of halogens is 2. The highest BCUT2D eigenvalue weighted by Crippen LogP contribution is 2.17. The van der Waals surface area contributed by atoms with Crippen LogP contribution in [0.25, 0.3) is 0 Å². The van der Waals surface area contributed by atoms with Crippen LogP contribution in [0, 0.1) is 23.5 Å². The fourth-order valence-corrected chi connectivity index (χ4v) is 3.26. The van der Waals surface area contributed by atoms with E-state index in [1.54, 1.807) is 5.38 Å². The lowest BCUT2D eigenvalue weighted by Gasteiger charge is -2.24. The Kier molecular flexibility index (Phi) is 8.07. The molecule has 0 unspecified atom stereocenters. The summed E-state index contributed by atoms with van der Waals surface area (Å²) in [6.07, 6.45) is 0. The van der Waals surface area contributed by atoms with Gasteiger partial charge in [0.05, 0.1) is 6.54 Å². The predicted molar refractivity (Wildman–Crippen MR) is 110 cm³/mol. The van der Waals surface area contributed by atoms with Crippen LogP contribution in [0.3, 0.4) is 0 Å². The van der Waals surface area contributed by atoms with E-state index < -0.39 is 17.7 Å². The molecule has 0 saturated heterocycles.